The molecule has 0 fully saturated rings. The molecule has 0 aliphatic heterocycles. The SMILES string of the molecule is Cc1nc(-c2cc(Br)c(Br)s2)[nH]c(=O)c1C. The molecule has 2 heterocycles. The van der Waals surface area contributed by atoms with E-state index in [4.69, 9.17) is 0 Å². The summed E-state index contributed by atoms with van der Waals surface area (Å²) in [5.41, 5.74) is 1.35. The van der Waals surface area contributed by atoms with Crippen LogP contribution in [-0.4, -0.2) is 9.97 Å². The largest absolute Gasteiger partial charge is 0.306 e. The highest BCUT2D eigenvalue weighted by Gasteiger charge is 2.10. The lowest BCUT2D eigenvalue weighted by Gasteiger charge is -2.01. The number of nitrogens with one attached hydrogen (secondary N) is 1. The lowest BCUT2D eigenvalue weighted by atomic mass is 10.2. The summed E-state index contributed by atoms with van der Waals surface area (Å²) >= 11 is 8.35. The molecule has 2 rings (SSSR count). The average Bonchev–Trinajstić information content (AvgIpc) is 2.55. The first kappa shape index (κ1) is 12.0. The first-order chi connectivity index (χ1) is 7.49. The summed E-state index contributed by atoms with van der Waals surface area (Å²) in [6.07, 6.45) is 0. The van der Waals surface area contributed by atoms with E-state index in [0.29, 0.717) is 11.4 Å². The van der Waals surface area contributed by atoms with Crippen LogP contribution in [0.5, 0.6) is 0 Å². The quantitative estimate of drug-likeness (QED) is 0.840. The van der Waals surface area contributed by atoms with Crippen molar-refractivity contribution in [2.45, 2.75) is 13.8 Å². The number of rotatable bonds is 1. The summed E-state index contributed by atoms with van der Waals surface area (Å²) in [4.78, 5) is 19.7. The van der Waals surface area contributed by atoms with Gasteiger partial charge in [-0.1, -0.05) is 0 Å². The number of aromatic amines is 1. The Morgan fingerprint density at radius 1 is 1.38 bits per heavy atom. The average molecular weight is 364 g/mol. The molecule has 0 atom stereocenters. The predicted molar refractivity (Wildman–Crippen MR) is 73.0 cm³/mol. The molecule has 6 heteroatoms. The molecule has 0 aliphatic carbocycles. The number of thiophene rings is 1. The van der Waals surface area contributed by atoms with Gasteiger partial charge in [-0.05, 0) is 51.8 Å². The second-order valence-electron chi connectivity index (χ2n) is 3.36. The van der Waals surface area contributed by atoms with Gasteiger partial charge in [0.05, 0.1) is 8.66 Å². The lowest BCUT2D eigenvalue weighted by Crippen LogP contribution is -2.13. The maximum atomic E-state index is 11.6. The Balaban J connectivity index is 2.61. The minimum absolute atomic E-state index is 0.0804. The molecular formula is C10H8Br2N2OS. The summed E-state index contributed by atoms with van der Waals surface area (Å²) in [5, 5.41) is 0. The second kappa shape index (κ2) is 4.43. The maximum absolute atomic E-state index is 11.6. The molecule has 2 aromatic rings. The van der Waals surface area contributed by atoms with Crippen molar-refractivity contribution in [1.82, 2.24) is 9.97 Å². The van der Waals surface area contributed by atoms with Crippen molar-refractivity contribution >= 4 is 43.2 Å². The van der Waals surface area contributed by atoms with E-state index in [1.165, 1.54) is 11.3 Å². The van der Waals surface area contributed by atoms with Gasteiger partial charge in [0.15, 0.2) is 5.82 Å². The van der Waals surface area contributed by atoms with Crippen molar-refractivity contribution < 1.29 is 0 Å². The molecule has 0 amide bonds. The number of aryl methyl sites for hydroxylation is 1. The Kier molecular flexibility index (Phi) is 3.32. The van der Waals surface area contributed by atoms with Crippen molar-refractivity contribution in [1.29, 1.82) is 0 Å². The minimum Gasteiger partial charge on any atom is -0.306 e. The number of halogens is 2. The summed E-state index contributed by atoms with van der Waals surface area (Å²) in [7, 11) is 0. The van der Waals surface area contributed by atoms with Gasteiger partial charge in [0.1, 0.15) is 0 Å². The highest BCUT2D eigenvalue weighted by molar-refractivity contribution is 9.13. The van der Waals surface area contributed by atoms with Crippen LogP contribution in [0.15, 0.2) is 19.1 Å². The third kappa shape index (κ3) is 2.14. The molecule has 1 N–H and O–H groups in total. The minimum atomic E-state index is -0.0804. The number of aromatic nitrogens is 2. The van der Waals surface area contributed by atoms with Gasteiger partial charge >= 0.3 is 0 Å². The Labute approximate surface area is 113 Å². The third-order valence-electron chi connectivity index (χ3n) is 2.27. The van der Waals surface area contributed by atoms with Crippen LogP contribution in [0.1, 0.15) is 11.3 Å². The number of hydrogen-bond donors (Lipinski definition) is 1. The fourth-order valence-corrected chi connectivity index (χ4v) is 3.21. The molecule has 84 valence electrons. The molecule has 0 saturated heterocycles. The van der Waals surface area contributed by atoms with Crippen LogP contribution in [0.4, 0.5) is 0 Å². The second-order valence-corrected chi connectivity index (χ2v) is 6.58. The molecule has 0 unspecified atom stereocenters. The Morgan fingerprint density at radius 3 is 2.56 bits per heavy atom. The van der Waals surface area contributed by atoms with E-state index in [9.17, 15) is 4.79 Å². The van der Waals surface area contributed by atoms with Gasteiger partial charge in [-0.25, -0.2) is 4.98 Å². The van der Waals surface area contributed by atoms with Gasteiger partial charge in [0.25, 0.3) is 5.56 Å². The Bertz CT molecular complexity index is 584. The van der Waals surface area contributed by atoms with Crippen molar-refractivity contribution in [3.05, 3.63) is 35.9 Å². The zero-order valence-electron chi connectivity index (χ0n) is 8.60. The lowest BCUT2D eigenvalue weighted by molar-refractivity contribution is 1.04. The highest BCUT2D eigenvalue weighted by atomic mass is 79.9. The van der Waals surface area contributed by atoms with Crippen molar-refractivity contribution in [3.8, 4) is 10.7 Å². The van der Waals surface area contributed by atoms with E-state index >= 15 is 0 Å². The summed E-state index contributed by atoms with van der Waals surface area (Å²) in [6, 6.07) is 1.93. The molecular weight excluding hydrogens is 356 g/mol. The fraction of sp³-hybridized carbons (Fsp3) is 0.200. The molecule has 2 aromatic heterocycles. The van der Waals surface area contributed by atoms with Gasteiger partial charge in [-0.15, -0.1) is 11.3 Å². The molecule has 0 radical (unpaired) electrons. The molecule has 0 bridgehead atoms. The van der Waals surface area contributed by atoms with E-state index in [1.54, 1.807) is 6.92 Å². The predicted octanol–water partition coefficient (Wildman–Crippen LogP) is 3.64. The van der Waals surface area contributed by atoms with E-state index in [1.807, 2.05) is 13.0 Å². The molecule has 0 aliphatic rings. The van der Waals surface area contributed by atoms with Crippen LogP contribution in [-0.2, 0) is 0 Å². The third-order valence-corrected chi connectivity index (χ3v) is 5.54. The molecule has 0 spiro atoms. The van der Waals surface area contributed by atoms with Crippen molar-refractivity contribution in [2.75, 3.05) is 0 Å². The molecule has 3 nitrogen and oxygen atoms in total. The zero-order chi connectivity index (χ0) is 11.9. The summed E-state index contributed by atoms with van der Waals surface area (Å²) in [6.45, 7) is 3.61. The topological polar surface area (TPSA) is 45.8 Å². The molecule has 16 heavy (non-hydrogen) atoms. The van der Waals surface area contributed by atoms with Gasteiger partial charge in [-0.2, -0.15) is 0 Å². The number of H-pyrrole nitrogens is 1. The maximum Gasteiger partial charge on any atom is 0.254 e. The van der Waals surface area contributed by atoms with Crippen molar-refractivity contribution in [3.63, 3.8) is 0 Å². The number of nitrogens with zero attached hydrogens (tertiary/aromatic N) is 1. The first-order valence-corrected chi connectivity index (χ1v) is 6.92. The van der Waals surface area contributed by atoms with Crippen LogP contribution in [0.3, 0.4) is 0 Å². The van der Waals surface area contributed by atoms with Gasteiger partial charge < -0.3 is 4.98 Å². The van der Waals surface area contributed by atoms with Crippen LogP contribution < -0.4 is 5.56 Å². The van der Waals surface area contributed by atoms with E-state index in [0.717, 1.165) is 18.8 Å². The van der Waals surface area contributed by atoms with Gasteiger partial charge in [-0.3, -0.25) is 4.79 Å². The van der Waals surface area contributed by atoms with Crippen LogP contribution in [0.2, 0.25) is 0 Å². The highest BCUT2D eigenvalue weighted by Crippen LogP contribution is 2.36. The van der Waals surface area contributed by atoms with Gasteiger partial charge in [0, 0.05) is 15.7 Å². The summed E-state index contributed by atoms with van der Waals surface area (Å²) in [5.74, 6) is 0.615. The van der Waals surface area contributed by atoms with E-state index < -0.39 is 0 Å². The van der Waals surface area contributed by atoms with E-state index in [2.05, 4.69) is 41.8 Å². The van der Waals surface area contributed by atoms with E-state index in [-0.39, 0.29) is 5.56 Å². The number of hydrogen-bond acceptors (Lipinski definition) is 3. The Hall–Kier alpha value is -0.460. The van der Waals surface area contributed by atoms with Crippen LogP contribution in [0.25, 0.3) is 10.7 Å². The zero-order valence-corrected chi connectivity index (χ0v) is 12.6. The standard InChI is InChI=1S/C10H8Br2N2OS/c1-4-5(2)13-9(14-10(4)15)7-3-6(11)8(12)16-7/h3H,1-2H3,(H,13,14,15). The fourth-order valence-electron chi connectivity index (χ4n) is 1.23. The molecule has 0 saturated carbocycles. The Morgan fingerprint density at radius 2 is 2.06 bits per heavy atom. The monoisotopic (exact) mass is 362 g/mol. The van der Waals surface area contributed by atoms with Crippen LogP contribution >= 0.6 is 43.2 Å². The molecule has 0 aromatic carbocycles. The van der Waals surface area contributed by atoms with Crippen LogP contribution in [0, 0.1) is 13.8 Å². The van der Waals surface area contributed by atoms with Crippen molar-refractivity contribution in [2.24, 2.45) is 0 Å². The van der Waals surface area contributed by atoms with Gasteiger partial charge in [0.2, 0.25) is 0 Å². The first-order valence-electron chi connectivity index (χ1n) is 4.51. The normalized spacial score (nSPS) is 10.8. The summed E-state index contributed by atoms with van der Waals surface area (Å²) < 4.78 is 1.96. The smallest absolute Gasteiger partial charge is 0.254 e.